The minimum absolute atomic E-state index is 0.148. The minimum Gasteiger partial charge on any atom is -0.461 e. The van der Waals surface area contributed by atoms with Crippen LogP contribution in [0.15, 0.2) is 265 Å². The summed E-state index contributed by atoms with van der Waals surface area (Å²) in [5.41, 5.74) is 8.75. The van der Waals surface area contributed by atoms with Crippen molar-refractivity contribution >= 4 is 145 Å². The number of anilines is 15. The summed E-state index contributed by atoms with van der Waals surface area (Å²) in [6, 6.07) is 60.9. The first-order valence-electron chi connectivity index (χ1n) is 38.6. The molecule has 7 aromatic heterocycles. The molecule has 0 aliphatic carbocycles. The van der Waals surface area contributed by atoms with E-state index in [1.165, 1.54) is 75.5 Å². The van der Waals surface area contributed by atoms with Gasteiger partial charge in [0.05, 0.1) is 81.3 Å². The summed E-state index contributed by atoms with van der Waals surface area (Å²) in [5.74, 6) is 0.478. The summed E-state index contributed by atoms with van der Waals surface area (Å²) in [6.07, 6.45) is 8.61. The summed E-state index contributed by atoms with van der Waals surface area (Å²) < 4.78 is 24.3. The molecule has 7 heterocycles. The number of hydroxylamine groups is 2. The fourth-order valence-electron chi connectivity index (χ4n) is 11.1. The summed E-state index contributed by atoms with van der Waals surface area (Å²) >= 11 is 0. The number of para-hydroxylation sites is 4. The van der Waals surface area contributed by atoms with Gasteiger partial charge in [-0.3, -0.25) is 55.1 Å². The molecule has 0 spiro atoms. The average molecular weight is 1680 g/mol. The van der Waals surface area contributed by atoms with Crippen molar-refractivity contribution in [2.45, 2.75) is 41.5 Å². The van der Waals surface area contributed by atoms with Gasteiger partial charge in [-0.05, 0) is 145 Å². The van der Waals surface area contributed by atoms with Crippen molar-refractivity contribution in [3.05, 3.63) is 305 Å². The molecular formula is C89H89FN22O12. The third-order valence-electron chi connectivity index (χ3n) is 17.0. The van der Waals surface area contributed by atoms with Crippen LogP contribution in [0.25, 0.3) is 11.0 Å². The molecule has 0 atom stereocenters. The van der Waals surface area contributed by atoms with Crippen LogP contribution in [0.2, 0.25) is 0 Å². The second kappa shape index (κ2) is 45.3. The standard InChI is InChI=1S/C26H23FN6O3.C25H23N5O4.C21H22N6O2.C17H21N5O3/c1-2-28-26(35)33-23-14-22(31-18-6-4-3-5-7-18)21(16-29-23)25(34)32-19-10-13-24(30-15-19)36-20-11-8-17(27)9-12-20;1-3-26-25(33)30-23-13-20(28-16-7-5-4-6-8-16)19(14-27-23)24(32)29-17-9-10-18-21(31)11-15(2)34-22(18)12-17;1-3-22-21(29)27-19-11-18(25-15-7-5-4-6-8-15)17(13-24-19)20(28)26-16-10-9-14(2)23-12-16;1-4-18-17(24)21-15-10-14(20-12-8-6-5-7-9-12)13(11-19-15)16(23)22(2)25-3/h3-16H,2H2,1H3,(H,32,34)(H3,28,29,31,33,35);4-14H,3H2,1-2H3,(H,29,32)(H3,26,27,28,30,33);4-13H,3H2,1-2H3,(H,26,28)(H3,22,24,25,27,29);5-11H,4H2,1-3H3,(H3,18,19,20,21,24). The predicted molar refractivity (Wildman–Crippen MR) is 476 cm³/mol. The number of aromatic nitrogens is 6. The molecule has 0 aliphatic heterocycles. The van der Waals surface area contributed by atoms with Gasteiger partial charge in [0.15, 0.2) is 5.43 Å². The predicted octanol–water partition coefficient (Wildman–Crippen LogP) is 16.7. The number of nitrogens with one attached hydrogen (secondary N) is 15. The van der Waals surface area contributed by atoms with E-state index in [0.717, 1.165) is 33.5 Å². The van der Waals surface area contributed by atoms with Gasteiger partial charge in [-0.25, -0.2) is 53.6 Å². The van der Waals surface area contributed by atoms with Gasteiger partial charge in [-0.1, -0.05) is 72.8 Å². The zero-order valence-corrected chi connectivity index (χ0v) is 68.5. The molecule has 634 valence electrons. The van der Waals surface area contributed by atoms with Gasteiger partial charge in [-0.2, -0.15) is 0 Å². The molecule has 0 aliphatic rings. The molecule has 13 aromatic rings. The van der Waals surface area contributed by atoms with Crippen LogP contribution >= 0.6 is 0 Å². The lowest BCUT2D eigenvalue weighted by atomic mass is 10.1. The molecule has 0 saturated heterocycles. The van der Waals surface area contributed by atoms with E-state index in [4.69, 9.17) is 14.0 Å². The number of hydrogen-bond donors (Lipinski definition) is 15. The Morgan fingerprint density at radius 1 is 0.379 bits per heavy atom. The van der Waals surface area contributed by atoms with Gasteiger partial charge < -0.3 is 67.6 Å². The van der Waals surface area contributed by atoms with Crippen molar-refractivity contribution in [3.63, 3.8) is 0 Å². The number of benzene rings is 6. The number of nitrogens with zero attached hydrogens (tertiary/aromatic N) is 7. The fraction of sp³-hybridized carbons (Fsp3) is 0.135. The average Bonchev–Trinajstić information content (AvgIpc) is 0.773. The van der Waals surface area contributed by atoms with Crippen LogP contribution in [0.4, 0.5) is 109 Å². The lowest BCUT2D eigenvalue weighted by Gasteiger charge is -2.17. The highest BCUT2D eigenvalue weighted by Crippen LogP contribution is 2.31. The zero-order chi connectivity index (χ0) is 88.3. The third kappa shape index (κ3) is 27.4. The number of pyridine rings is 6. The molecule has 124 heavy (non-hydrogen) atoms. The lowest BCUT2D eigenvalue weighted by Crippen LogP contribution is -2.29. The first-order chi connectivity index (χ1) is 60.0. The summed E-state index contributed by atoms with van der Waals surface area (Å²) in [7, 11) is 2.91. The number of ether oxygens (including phenoxy) is 1. The molecular weight excluding hydrogens is 1590 g/mol. The second-order valence-corrected chi connectivity index (χ2v) is 26.3. The van der Waals surface area contributed by atoms with E-state index >= 15 is 0 Å². The Bertz CT molecular complexity index is 5890. The van der Waals surface area contributed by atoms with Gasteiger partial charge in [-0.15, -0.1) is 0 Å². The number of carbonyl (C=O) groups excluding carboxylic acids is 8. The molecule has 12 amide bonds. The largest absolute Gasteiger partial charge is 0.461 e. The summed E-state index contributed by atoms with van der Waals surface area (Å²) in [5, 5.41) is 43.8. The zero-order valence-electron chi connectivity index (χ0n) is 68.5. The number of urea groups is 4. The van der Waals surface area contributed by atoms with Gasteiger partial charge in [0.25, 0.3) is 23.6 Å². The maximum absolute atomic E-state index is 13.1. The highest BCUT2D eigenvalue weighted by Gasteiger charge is 2.22. The minimum atomic E-state index is -0.431. The monoisotopic (exact) mass is 1680 g/mol. The number of carbonyl (C=O) groups is 8. The quantitative estimate of drug-likeness (QED) is 0.0224. The number of fused-ring (bicyclic) bond motifs is 1. The van der Waals surface area contributed by atoms with E-state index < -0.39 is 23.9 Å². The highest BCUT2D eigenvalue weighted by molar-refractivity contribution is 6.11. The van der Waals surface area contributed by atoms with Crippen LogP contribution in [0, 0.1) is 19.7 Å². The molecule has 0 bridgehead atoms. The van der Waals surface area contributed by atoms with Crippen molar-refractivity contribution in [2.24, 2.45) is 0 Å². The Morgan fingerprint density at radius 3 is 1.09 bits per heavy atom. The number of halogens is 1. The van der Waals surface area contributed by atoms with E-state index in [-0.39, 0.29) is 63.8 Å². The maximum atomic E-state index is 13.1. The Balaban J connectivity index is 0.000000175. The van der Waals surface area contributed by atoms with Crippen LogP contribution < -0.4 is 89.9 Å². The molecule has 0 saturated carbocycles. The Labute approximate surface area is 711 Å². The van der Waals surface area contributed by atoms with E-state index in [0.29, 0.717) is 111 Å². The van der Waals surface area contributed by atoms with Crippen molar-refractivity contribution in [1.29, 1.82) is 0 Å². The second-order valence-electron chi connectivity index (χ2n) is 26.3. The Kier molecular flexibility index (Phi) is 32.7. The topological polar surface area (TPSA) is 446 Å². The lowest BCUT2D eigenvalue weighted by molar-refractivity contribution is -0.0756. The molecule has 0 fully saturated rings. The molecule has 35 heteroatoms. The number of hydrogen-bond acceptors (Lipinski definition) is 22. The van der Waals surface area contributed by atoms with E-state index in [2.05, 4.69) is 110 Å². The van der Waals surface area contributed by atoms with Crippen molar-refractivity contribution < 1.29 is 56.7 Å². The number of amides is 12. The first kappa shape index (κ1) is 89.6. The molecule has 0 radical (unpaired) electrons. The van der Waals surface area contributed by atoms with Crippen LogP contribution in [0.3, 0.4) is 0 Å². The maximum Gasteiger partial charge on any atom is 0.320 e. The number of rotatable bonds is 26. The highest BCUT2D eigenvalue weighted by atomic mass is 19.1. The van der Waals surface area contributed by atoms with Crippen LogP contribution in [-0.4, -0.2) is 123 Å². The van der Waals surface area contributed by atoms with E-state index in [9.17, 15) is 47.5 Å². The fourth-order valence-corrected chi connectivity index (χ4v) is 11.1. The van der Waals surface area contributed by atoms with Gasteiger partial charge in [0, 0.05) is 135 Å². The van der Waals surface area contributed by atoms with E-state index in [1.807, 2.05) is 155 Å². The Morgan fingerprint density at radius 2 is 0.734 bits per heavy atom. The normalized spacial score (nSPS) is 10.3. The molecule has 34 nitrogen and oxygen atoms in total. The van der Waals surface area contributed by atoms with Crippen LogP contribution in [-0.2, 0) is 4.84 Å². The smallest absolute Gasteiger partial charge is 0.320 e. The van der Waals surface area contributed by atoms with Crippen molar-refractivity contribution in [3.8, 4) is 11.6 Å². The van der Waals surface area contributed by atoms with E-state index in [1.54, 1.807) is 80.7 Å². The van der Waals surface area contributed by atoms with Gasteiger partial charge in [0.1, 0.15) is 46.2 Å². The third-order valence-corrected chi connectivity index (χ3v) is 17.0. The van der Waals surface area contributed by atoms with Crippen molar-refractivity contribution in [1.82, 2.24) is 56.2 Å². The summed E-state index contributed by atoms with van der Waals surface area (Å²) in [6.45, 7) is 12.7. The molecule has 6 aromatic carbocycles. The van der Waals surface area contributed by atoms with Crippen LogP contribution in [0.5, 0.6) is 11.6 Å². The number of aryl methyl sites for hydroxylation is 2. The summed E-state index contributed by atoms with van der Waals surface area (Å²) in [4.78, 5) is 141. The van der Waals surface area contributed by atoms with Gasteiger partial charge >= 0.3 is 24.1 Å². The molecule has 0 unspecified atom stereocenters. The first-order valence-corrected chi connectivity index (χ1v) is 38.6. The van der Waals surface area contributed by atoms with Crippen LogP contribution in [0.1, 0.15) is 80.6 Å². The SMILES string of the molecule is CCNC(=O)Nc1cc(Nc2ccccc2)c(C(=O)N(C)OC)cn1.CCNC(=O)Nc1cc(Nc2ccccc2)c(C(=O)Nc2ccc(C)nc2)cn1.CCNC(=O)Nc1cc(Nc2ccccc2)c(C(=O)Nc2ccc(Oc3ccc(F)cc3)nc2)cn1.CCNC(=O)Nc1cc(Nc2ccccc2)c(C(=O)Nc2ccc3c(=O)cc(C)oc3c2)cn1. The van der Waals surface area contributed by atoms with Gasteiger partial charge in [0.2, 0.25) is 5.88 Å². The van der Waals surface area contributed by atoms with Crippen molar-refractivity contribution in [2.75, 3.05) is 98.8 Å². The molecule has 15 N–H and O–H groups in total. The Hall–Kier alpha value is -16.7. The molecule has 13 rings (SSSR count).